The summed E-state index contributed by atoms with van der Waals surface area (Å²) in [4.78, 5) is 11.2. The highest BCUT2D eigenvalue weighted by Crippen LogP contribution is 2.16. The first kappa shape index (κ1) is 17.5. The minimum atomic E-state index is -0.547. The van der Waals surface area contributed by atoms with E-state index >= 15 is 0 Å². The van der Waals surface area contributed by atoms with E-state index in [0.717, 1.165) is 25.8 Å². The number of carbonyl (C=O) groups is 1. The highest BCUT2D eigenvalue weighted by Gasteiger charge is 2.14. The molecule has 3 N–H and O–H groups in total. The Hall–Kier alpha value is -1.55. The second-order valence-electron chi connectivity index (χ2n) is 5.45. The van der Waals surface area contributed by atoms with Crippen LogP contribution in [0.15, 0.2) is 24.3 Å². The lowest BCUT2D eigenvalue weighted by molar-refractivity contribution is -0.124. The van der Waals surface area contributed by atoms with Crippen LogP contribution in [0, 0.1) is 0 Å². The molecule has 0 aromatic heterocycles. The van der Waals surface area contributed by atoms with Crippen LogP contribution in [0.1, 0.15) is 45.6 Å². The summed E-state index contributed by atoms with van der Waals surface area (Å²) < 4.78 is 5.57. The maximum atomic E-state index is 11.2. The molecule has 0 aliphatic rings. The molecule has 2 unspecified atom stereocenters. The number of aryl methyl sites for hydroxylation is 1. The number of amides is 1. The smallest absolute Gasteiger partial charge is 0.258 e. The number of nitrogens with two attached hydrogens (primary N) is 1. The average molecular weight is 292 g/mol. The van der Waals surface area contributed by atoms with Gasteiger partial charge in [0.25, 0.3) is 5.91 Å². The zero-order chi connectivity index (χ0) is 15.7. The Balaban J connectivity index is 2.45. The summed E-state index contributed by atoms with van der Waals surface area (Å²) in [6, 6.07) is 8.45. The van der Waals surface area contributed by atoms with Crippen LogP contribution >= 0.6 is 0 Å². The molecule has 0 fully saturated rings. The number of benzene rings is 1. The molecule has 0 aliphatic heterocycles. The van der Waals surface area contributed by atoms with Crippen molar-refractivity contribution in [1.82, 2.24) is 5.32 Å². The average Bonchev–Trinajstić information content (AvgIpc) is 2.49. The largest absolute Gasteiger partial charge is 0.481 e. The van der Waals surface area contributed by atoms with Crippen molar-refractivity contribution in [2.75, 3.05) is 6.54 Å². The molecule has 0 radical (unpaired) electrons. The third kappa shape index (κ3) is 6.63. The van der Waals surface area contributed by atoms with E-state index < -0.39 is 12.0 Å². The molecular formula is C17H28N2O2. The Bertz CT molecular complexity index is 417. The predicted octanol–water partition coefficient (Wildman–Crippen LogP) is 2.65. The lowest BCUT2D eigenvalue weighted by Gasteiger charge is -2.15. The third-order valence-corrected chi connectivity index (χ3v) is 3.50. The number of rotatable bonds is 10. The van der Waals surface area contributed by atoms with Crippen molar-refractivity contribution >= 4 is 5.91 Å². The van der Waals surface area contributed by atoms with Gasteiger partial charge in [-0.1, -0.05) is 26.0 Å². The molecule has 0 saturated heterocycles. The van der Waals surface area contributed by atoms with Crippen molar-refractivity contribution in [2.24, 2.45) is 5.73 Å². The standard InChI is InChI=1S/C17H28N2O2/c1-4-12-19-13(3)6-7-14-8-10-15(11-9-14)21-16(5-2)17(18)20/h8-11,13,16,19H,4-7,12H2,1-3H3,(H2,18,20). The van der Waals surface area contributed by atoms with Gasteiger partial charge in [0.2, 0.25) is 0 Å². The van der Waals surface area contributed by atoms with Crippen LogP contribution in [-0.2, 0) is 11.2 Å². The predicted molar refractivity (Wildman–Crippen MR) is 86.4 cm³/mol. The van der Waals surface area contributed by atoms with E-state index in [1.54, 1.807) is 0 Å². The highest BCUT2D eigenvalue weighted by molar-refractivity contribution is 5.79. The molecule has 0 heterocycles. The van der Waals surface area contributed by atoms with E-state index in [4.69, 9.17) is 10.5 Å². The molecule has 2 atom stereocenters. The molecular weight excluding hydrogens is 264 g/mol. The lowest BCUT2D eigenvalue weighted by atomic mass is 10.1. The summed E-state index contributed by atoms with van der Waals surface area (Å²) in [5.41, 5.74) is 6.55. The minimum Gasteiger partial charge on any atom is -0.481 e. The number of hydrogen-bond donors (Lipinski definition) is 2. The second kappa shape index (κ2) is 9.40. The minimum absolute atomic E-state index is 0.419. The topological polar surface area (TPSA) is 64.3 Å². The number of nitrogens with one attached hydrogen (secondary N) is 1. The first-order chi connectivity index (χ1) is 10.1. The highest BCUT2D eigenvalue weighted by atomic mass is 16.5. The first-order valence-corrected chi connectivity index (χ1v) is 7.85. The van der Waals surface area contributed by atoms with Gasteiger partial charge >= 0.3 is 0 Å². The molecule has 1 amide bonds. The summed E-state index contributed by atoms with van der Waals surface area (Å²) in [5, 5.41) is 3.48. The molecule has 0 spiro atoms. The van der Waals surface area contributed by atoms with Crippen molar-refractivity contribution in [2.45, 2.75) is 58.6 Å². The van der Waals surface area contributed by atoms with Crippen molar-refractivity contribution in [1.29, 1.82) is 0 Å². The fourth-order valence-electron chi connectivity index (χ4n) is 2.12. The van der Waals surface area contributed by atoms with E-state index in [2.05, 4.69) is 31.3 Å². The Morgan fingerprint density at radius 1 is 1.29 bits per heavy atom. The molecule has 0 saturated carbocycles. The van der Waals surface area contributed by atoms with Crippen LogP contribution in [0.2, 0.25) is 0 Å². The van der Waals surface area contributed by atoms with Gasteiger partial charge in [-0.25, -0.2) is 0 Å². The summed E-state index contributed by atoms with van der Waals surface area (Å²) >= 11 is 0. The maximum Gasteiger partial charge on any atom is 0.258 e. The fourth-order valence-corrected chi connectivity index (χ4v) is 2.12. The Kier molecular flexibility index (Phi) is 7.83. The molecule has 1 aromatic carbocycles. The molecule has 4 heteroatoms. The summed E-state index contributed by atoms with van der Waals surface area (Å²) in [5.74, 6) is 0.277. The maximum absolute atomic E-state index is 11.2. The molecule has 21 heavy (non-hydrogen) atoms. The van der Waals surface area contributed by atoms with Crippen molar-refractivity contribution in [3.05, 3.63) is 29.8 Å². The third-order valence-electron chi connectivity index (χ3n) is 3.50. The van der Waals surface area contributed by atoms with Gasteiger partial charge in [0, 0.05) is 6.04 Å². The van der Waals surface area contributed by atoms with Crippen LogP contribution in [0.5, 0.6) is 5.75 Å². The van der Waals surface area contributed by atoms with E-state index in [1.165, 1.54) is 5.56 Å². The van der Waals surface area contributed by atoms with E-state index in [0.29, 0.717) is 18.2 Å². The number of primary amides is 1. The van der Waals surface area contributed by atoms with Gasteiger partial charge in [-0.2, -0.15) is 0 Å². The van der Waals surface area contributed by atoms with Gasteiger partial charge in [0.05, 0.1) is 0 Å². The summed E-state index contributed by atoms with van der Waals surface area (Å²) in [6.07, 6.45) is 3.34. The zero-order valence-electron chi connectivity index (χ0n) is 13.4. The van der Waals surface area contributed by atoms with Gasteiger partial charge in [-0.05, 0) is 56.8 Å². The van der Waals surface area contributed by atoms with Crippen LogP contribution in [0.4, 0.5) is 0 Å². The molecule has 1 aromatic rings. The molecule has 4 nitrogen and oxygen atoms in total. The normalized spacial score (nSPS) is 13.7. The van der Waals surface area contributed by atoms with Crippen molar-refractivity contribution < 1.29 is 9.53 Å². The first-order valence-electron chi connectivity index (χ1n) is 7.85. The molecule has 1 rings (SSSR count). The second-order valence-corrected chi connectivity index (χ2v) is 5.45. The van der Waals surface area contributed by atoms with Gasteiger partial charge in [0.1, 0.15) is 5.75 Å². The summed E-state index contributed by atoms with van der Waals surface area (Å²) in [7, 11) is 0. The Labute approximate surface area is 128 Å². The van der Waals surface area contributed by atoms with Gasteiger partial charge in [-0.3, -0.25) is 4.79 Å². The van der Waals surface area contributed by atoms with Crippen LogP contribution in [-0.4, -0.2) is 24.6 Å². The van der Waals surface area contributed by atoms with E-state index in [9.17, 15) is 4.79 Å². The van der Waals surface area contributed by atoms with Gasteiger partial charge < -0.3 is 15.8 Å². The monoisotopic (exact) mass is 292 g/mol. The Morgan fingerprint density at radius 3 is 2.48 bits per heavy atom. The van der Waals surface area contributed by atoms with Crippen LogP contribution in [0.25, 0.3) is 0 Å². The fraction of sp³-hybridized carbons (Fsp3) is 0.588. The Morgan fingerprint density at radius 2 is 1.95 bits per heavy atom. The lowest BCUT2D eigenvalue weighted by Crippen LogP contribution is -2.32. The van der Waals surface area contributed by atoms with E-state index in [1.807, 2.05) is 19.1 Å². The SMILES string of the molecule is CCCNC(C)CCc1ccc(OC(CC)C(N)=O)cc1. The molecule has 0 aliphatic carbocycles. The van der Waals surface area contributed by atoms with Crippen molar-refractivity contribution in [3.63, 3.8) is 0 Å². The number of ether oxygens (including phenoxy) is 1. The van der Waals surface area contributed by atoms with Crippen LogP contribution < -0.4 is 15.8 Å². The van der Waals surface area contributed by atoms with E-state index in [-0.39, 0.29) is 0 Å². The molecule has 0 bridgehead atoms. The quantitative estimate of drug-likeness (QED) is 0.697. The number of carbonyl (C=O) groups excluding carboxylic acids is 1. The number of hydrogen-bond acceptors (Lipinski definition) is 3. The van der Waals surface area contributed by atoms with Crippen molar-refractivity contribution in [3.8, 4) is 5.75 Å². The molecule has 118 valence electrons. The van der Waals surface area contributed by atoms with Gasteiger partial charge in [-0.15, -0.1) is 0 Å². The zero-order valence-corrected chi connectivity index (χ0v) is 13.4. The van der Waals surface area contributed by atoms with Gasteiger partial charge in [0.15, 0.2) is 6.10 Å². The summed E-state index contributed by atoms with van der Waals surface area (Å²) in [6.45, 7) is 7.34. The van der Waals surface area contributed by atoms with Crippen LogP contribution in [0.3, 0.4) is 0 Å².